The van der Waals surface area contributed by atoms with Crippen LogP contribution in [0.25, 0.3) is 0 Å². The number of esters is 1. The number of hydrogen-bond donors (Lipinski definition) is 0. The van der Waals surface area contributed by atoms with Gasteiger partial charge in [0.2, 0.25) is 0 Å². The van der Waals surface area contributed by atoms with Crippen molar-refractivity contribution in [2.75, 3.05) is 0 Å². The molecular weight excluding hydrogens is 389 g/mol. The van der Waals surface area contributed by atoms with Gasteiger partial charge < -0.3 is 4.74 Å². The van der Waals surface area contributed by atoms with Crippen LogP contribution in [0.3, 0.4) is 0 Å². The first-order valence-corrected chi connectivity index (χ1v) is 9.95. The van der Waals surface area contributed by atoms with Crippen LogP contribution in [-0.4, -0.2) is 33.0 Å². The highest BCUT2D eigenvalue weighted by Gasteiger charge is 2.42. The van der Waals surface area contributed by atoms with E-state index < -0.39 is 29.2 Å². The average molecular weight is 415 g/mol. The fourth-order valence-electron chi connectivity index (χ4n) is 3.36. The third kappa shape index (κ3) is 4.58. The maximum atomic E-state index is 14.3. The molecule has 0 N–H and O–H groups in total. The molecule has 2 heterocycles. The van der Waals surface area contributed by atoms with E-state index in [0.717, 1.165) is 15.8 Å². The lowest BCUT2D eigenvalue weighted by Crippen LogP contribution is -2.48. The summed E-state index contributed by atoms with van der Waals surface area (Å²) in [4.78, 5) is 29.0. The lowest BCUT2D eigenvalue weighted by molar-refractivity contribution is -0.155. The van der Waals surface area contributed by atoms with Crippen molar-refractivity contribution >= 4 is 11.7 Å². The first-order valence-electron chi connectivity index (χ1n) is 9.95. The van der Waals surface area contributed by atoms with Gasteiger partial charge in [-0.2, -0.15) is 0 Å². The Kier molecular flexibility index (Phi) is 6.34. The fourth-order valence-corrected chi connectivity index (χ4v) is 3.36. The van der Waals surface area contributed by atoms with E-state index in [2.05, 4.69) is 9.68 Å². The molecule has 1 aromatic carbocycles. The SMILES string of the molecule is Cc1noc(=O)n1C/C(F)=C\CC[C@]1(C)N=C(c2ccccc2)[C@@H](C(C)C)OC1=O. The lowest BCUT2D eigenvalue weighted by Gasteiger charge is -2.35. The van der Waals surface area contributed by atoms with Crippen LogP contribution in [0.5, 0.6) is 0 Å². The Labute approximate surface area is 174 Å². The topological polar surface area (TPSA) is 86.7 Å². The van der Waals surface area contributed by atoms with Crippen molar-refractivity contribution in [3.63, 3.8) is 0 Å². The largest absolute Gasteiger partial charge is 0.454 e. The number of aryl methyl sites for hydroxylation is 1. The molecule has 30 heavy (non-hydrogen) atoms. The van der Waals surface area contributed by atoms with Crippen LogP contribution in [-0.2, 0) is 16.1 Å². The van der Waals surface area contributed by atoms with Gasteiger partial charge in [0.15, 0.2) is 11.4 Å². The molecule has 3 rings (SSSR count). The smallest absolute Gasteiger partial charge is 0.441 e. The minimum Gasteiger partial charge on any atom is -0.454 e. The lowest BCUT2D eigenvalue weighted by atomic mass is 9.89. The Hall–Kier alpha value is -3.03. The molecule has 0 saturated heterocycles. The Morgan fingerprint density at radius 1 is 1.30 bits per heavy atom. The van der Waals surface area contributed by atoms with Crippen molar-refractivity contribution in [3.05, 3.63) is 64.2 Å². The minimum absolute atomic E-state index is 0.0694. The van der Waals surface area contributed by atoms with E-state index in [-0.39, 0.29) is 25.3 Å². The van der Waals surface area contributed by atoms with Crippen LogP contribution in [0.2, 0.25) is 0 Å². The molecule has 0 bridgehead atoms. The van der Waals surface area contributed by atoms with E-state index in [0.29, 0.717) is 5.82 Å². The Balaban J connectivity index is 1.79. The van der Waals surface area contributed by atoms with Crippen molar-refractivity contribution in [3.8, 4) is 0 Å². The molecule has 0 spiro atoms. The quantitative estimate of drug-likeness (QED) is 0.645. The van der Waals surface area contributed by atoms with Crippen molar-refractivity contribution < 1.29 is 18.4 Å². The number of allylic oxidation sites excluding steroid dienone is 2. The molecule has 2 aromatic rings. The van der Waals surface area contributed by atoms with Crippen molar-refractivity contribution in [1.82, 2.24) is 9.72 Å². The predicted octanol–water partition coefficient (Wildman–Crippen LogP) is 3.61. The second kappa shape index (κ2) is 8.77. The molecule has 1 aliphatic rings. The molecule has 0 unspecified atom stereocenters. The molecule has 1 aromatic heterocycles. The summed E-state index contributed by atoms with van der Waals surface area (Å²) in [5, 5.41) is 3.50. The third-order valence-corrected chi connectivity index (χ3v) is 5.16. The van der Waals surface area contributed by atoms with Gasteiger partial charge in [-0.3, -0.25) is 14.1 Å². The standard InChI is InChI=1S/C22H26FN3O4/c1-14(2)19-18(16-9-6-5-7-10-16)24-22(4,20(27)29-19)12-8-11-17(23)13-26-15(3)25-30-21(26)28/h5-7,9-11,14,19H,8,12-13H2,1-4H3/b17-11+/t19-,22+/m1/s1. The number of nitrogens with zero attached hydrogens (tertiary/aromatic N) is 3. The van der Waals surface area contributed by atoms with Crippen LogP contribution in [0.4, 0.5) is 4.39 Å². The molecule has 0 amide bonds. The highest BCUT2D eigenvalue weighted by atomic mass is 19.1. The molecule has 0 aliphatic carbocycles. The predicted molar refractivity (Wildman–Crippen MR) is 110 cm³/mol. The number of benzene rings is 1. The number of carbonyl (C=O) groups excluding carboxylic acids is 1. The van der Waals surface area contributed by atoms with Gasteiger partial charge in [-0.05, 0) is 38.2 Å². The Morgan fingerprint density at radius 3 is 2.60 bits per heavy atom. The zero-order valence-electron chi connectivity index (χ0n) is 17.6. The Morgan fingerprint density at radius 2 is 2.00 bits per heavy atom. The van der Waals surface area contributed by atoms with Crippen LogP contribution in [0.15, 0.2) is 56.5 Å². The van der Waals surface area contributed by atoms with Gasteiger partial charge in [0.25, 0.3) is 0 Å². The van der Waals surface area contributed by atoms with Crippen LogP contribution < -0.4 is 5.76 Å². The monoisotopic (exact) mass is 415 g/mol. The van der Waals surface area contributed by atoms with Crippen LogP contribution in [0.1, 0.15) is 45.0 Å². The summed E-state index contributed by atoms with van der Waals surface area (Å²) < 4.78 is 25.6. The first-order chi connectivity index (χ1) is 14.2. The number of ether oxygens (including phenoxy) is 1. The number of aromatic nitrogens is 2. The number of cyclic esters (lactones) is 1. The third-order valence-electron chi connectivity index (χ3n) is 5.16. The number of aliphatic imine (C=N–C) groups is 1. The van der Waals surface area contributed by atoms with Gasteiger partial charge in [-0.15, -0.1) is 0 Å². The molecule has 0 radical (unpaired) electrons. The minimum atomic E-state index is -1.11. The van der Waals surface area contributed by atoms with Gasteiger partial charge in [-0.1, -0.05) is 55.4 Å². The summed E-state index contributed by atoms with van der Waals surface area (Å²) in [6.45, 7) is 6.96. The van der Waals surface area contributed by atoms with Gasteiger partial charge in [0, 0.05) is 0 Å². The maximum Gasteiger partial charge on any atom is 0.441 e. The van der Waals surface area contributed by atoms with Crippen LogP contribution >= 0.6 is 0 Å². The molecule has 160 valence electrons. The summed E-state index contributed by atoms with van der Waals surface area (Å²) in [7, 11) is 0. The summed E-state index contributed by atoms with van der Waals surface area (Å²) >= 11 is 0. The van der Waals surface area contributed by atoms with Gasteiger partial charge in [-0.25, -0.2) is 14.0 Å². The second-order valence-electron chi connectivity index (χ2n) is 7.98. The van der Waals surface area contributed by atoms with E-state index in [1.807, 2.05) is 44.2 Å². The number of carbonyl (C=O) groups is 1. The highest BCUT2D eigenvalue weighted by molar-refractivity contribution is 6.08. The van der Waals surface area contributed by atoms with Crippen molar-refractivity contribution in [1.29, 1.82) is 0 Å². The van der Waals surface area contributed by atoms with Gasteiger partial charge >= 0.3 is 11.7 Å². The van der Waals surface area contributed by atoms with Gasteiger partial charge in [0.1, 0.15) is 11.9 Å². The summed E-state index contributed by atoms with van der Waals surface area (Å²) in [6.07, 6.45) is 1.46. The Bertz CT molecular complexity index is 1020. The number of hydrogen-bond acceptors (Lipinski definition) is 6. The summed E-state index contributed by atoms with van der Waals surface area (Å²) in [5.41, 5.74) is 0.514. The molecule has 2 atom stereocenters. The summed E-state index contributed by atoms with van der Waals surface area (Å²) in [6, 6.07) is 9.61. The second-order valence-corrected chi connectivity index (χ2v) is 7.98. The van der Waals surface area contributed by atoms with E-state index in [1.165, 1.54) is 6.08 Å². The molecule has 1 aliphatic heterocycles. The zero-order chi connectivity index (χ0) is 21.9. The van der Waals surface area contributed by atoms with Crippen molar-refractivity contribution in [2.24, 2.45) is 10.9 Å². The molecule has 7 nitrogen and oxygen atoms in total. The van der Waals surface area contributed by atoms with Crippen molar-refractivity contribution in [2.45, 2.75) is 58.7 Å². The van der Waals surface area contributed by atoms with E-state index in [9.17, 15) is 14.0 Å². The normalized spacial score (nSPS) is 22.2. The maximum absolute atomic E-state index is 14.3. The van der Waals surface area contributed by atoms with E-state index >= 15 is 0 Å². The summed E-state index contributed by atoms with van der Waals surface area (Å²) in [5.74, 6) is -1.27. The number of halogens is 1. The highest BCUT2D eigenvalue weighted by Crippen LogP contribution is 2.30. The average Bonchev–Trinajstić information content (AvgIpc) is 3.02. The zero-order valence-corrected chi connectivity index (χ0v) is 17.6. The fraction of sp³-hybridized carbons (Fsp3) is 0.455. The molecule has 0 saturated carbocycles. The molecule has 0 fully saturated rings. The van der Waals surface area contributed by atoms with Gasteiger partial charge in [0.05, 0.1) is 12.3 Å². The first kappa shape index (κ1) is 21.7. The molecule has 8 heteroatoms. The molecular formula is C22H26FN3O4. The number of rotatable bonds is 7. The van der Waals surface area contributed by atoms with E-state index in [4.69, 9.17) is 9.73 Å². The van der Waals surface area contributed by atoms with Crippen LogP contribution in [0, 0.1) is 12.8 Å². The van der Waals surface area contributed by atoms with E-state index in [1.54, 1.807) is 13.8 Å².